The van der Waals surface area contributed by atoms with Crippen molar-refractivity contribution in [3.05, 3.63) is 48.6 Å². The Kier molecular flexibility index (Phi) is 3.55. The monoisotopic (exact) mass is 261 g/mol. The molecule has 1 aromatic rings. The maximum absolute atomic E-state index is 11.5. The highest BCUT2D eigenvalue weighted by Crippen LogP contribution is 2.51. The Morgan fingerprint density at radius 3 is 2.74 bits per heavy atom. The van der Waals surface area contributed by atoms with Gasteiger partial charge in [0.25, 0.3) is 0 Å². The van der Waals surface area contributed by atoms with Crippen LogP contribution in [0, 0.1) is 0 Å². The van der Waals surface area contributed by atoms with Gasteiger partial charge >= 0.3 is 12.1 Å². The van der Waals surface area contributed by atoms with E-state index in [2.05, 4.69) is 11.9 Å². The van der Waals surface area contributed by atoms with Gasteiger partial charge in [0.1, 0.15) is 12.1 Å². The van der Waals surface area contributed by atoms with Crippen molar-refractivity contribution in [2.75, 3.05) is 6.61 Å². The van der Waals surface area contributed by atoms with Crippen LogP contribution in [0.15, 0.2) is 43.0 Å². The highest BCUT2D eigenvalue weighted by Gasteiger charge is 2.62. The highest BCUT2D eigenvalue weighted by atomic mass is 16.5. The molecule has 19 heavy (non-hydrogen) atoms. The van der Waals surface area contributed by atoms with Crippen LogP contribution < -0.4 is 5.32 Å². The lowest BCUT2D eigenvalue weighted by molar-refractivity contribution is -0.140. The fourth-order valence-corrected chi connectivity index (χ4v) is 2.13. The molecule has 1 aliphatic rings. The average Bonchev–Trinajstić information content (AvgIpc) is 3.13. The predicted molar refractivity (Wildman–Crippen MR) is 68.8 cm³/mol. The van der Waals surface area contributed by atoms with Crippen LogP contribution in [0.25, 0.3) is 0 Å². The van der Waals surface area contributed by atoms with Crippen molar-refractivity contribution in [1.82, 2.24) is 5.32 Å². The molecule has 0 aromatic heterocycles. The molecule has 0 unspecified atom stereocenters. The summed E-state index contributed by atoms with van der Waals surface area (Å²) in [6.45, 7) is 3.47. The summed E-state index contributed by atoms with van der Waals surface area (Å²) in [6, 6.07) is 9.25. The molecule has 1 aromatic carbocycles. The molecule has 0 heterocycles. The van der Waals surface area contributed by atoms with Gasteiger partial charge in [-0.25, -0.2) is 9.59 Å². The van der Waals surface area contributed by atoms with Crippen molar-refractivity contribution in [2.45, 2.75) is 17.9 Å². The lowest BCUT2D eigenvalue weighted by Gasteiger charge is -2.14. The van der Waals surface area contributed by atoms with Gasteiger partial charge in [-0.05, 0) is 12.0 Å². The van der Waals surface area contributed by atoms with Crippen LogP contribution in [0.1, 0.15) is 17.9 Å². The number of hydrogen-bond acceptors (Lipinski definition) is 3. The van der Waals surface area contributed by atoms with E-state index in [1.54, 1.807) is 0 Å². The third-order valence-corrected chi connectivity index (χ3v) is 3.20. The van der Waals surface area contributed by atoms with E-state index in [-0.39, 0.29) is 12.5 Å². The van der Waals surface area contributed by atoms with Crippen molar-refractivity contribution in [1.29, 1.82) is 0 Å². The van der Waals surface area contributed by atoms with Crippen LogP contribution in [-0.4, -0.2) is 29.3 Å². The molecular weight excluding hydrogens is 246 g/mol. The summed E-state index contributed by atoms with van der Waals surface area (Å²) in [4.78, 5) is 22.9. The highest BCUT2D eigenvalue weighted by molar-refractivity contribution is 5.89. The molecule has 0 saturated heterocycles. The van der Waals surface area contributed by atoms with Crippen molar-refractivity contribution >= 4 is 12.1 Å². The normalized spacial score (nSPS) is 24.3. The third-order valence-electron chi connectivity index (χ3n) is 3.20. The number of ether oxygens (including phenoxy) is 1. The number of benzene rings is 1. The third kappa shape index (κ3) is 2.59. The molecule has 0 aliphatic heterocycles. The summed E-state index contributed by atoms with van der Waals surface area (Å²) >= 11 is 0. The van der Waals surface area contributed by atoms with Crippen LogP contribution in [0.2, 0.25) is 0 Å². The van der Waals surface area contributed by atoms with Gasteiger partial charge in [0, 0.05) is 5.92 Å². The van der Waals surface area contributed by atoms with Gasteiger partial charge in [0.05, 0.1) is 0 Å². The van der Waals surface area contributed by atoms with Crippen LogP contribution in [0.3, 0.4) is 0 Å². The van der Waals surface area contributed by atoms with Gasteiger partial charge in [-0.2, -0.15) is 0 Å². The van der Waals surface area contributed by atoms with Crippen molar-refractivity contribution in [3.8, 4) is 0 Å². The summed E-state index contributed by atoms with van der Waals surface area (Å²) in [5.41, 5.74) is -0.353. The van der Waals surface area contributed by atoms with E-state index >= 15 is 0 Å². The molecule has 0 bridgehead atoms. The first-order chi connectivity index (χ1) is 9.10. The van der Waals surface area contributed by atoms with Crippen molar-refractivity contribution in [2.24, 2.45) is 0 Å². The summed E-state index contributed by atoms with van der Waals surface area (Å²) in [5, 5.41) is 11.8. The van der Waals surface area contributed by atoms with Crippen LogP contribution in [0.5, 0.6) is 0 Å². The zero-order valence-electron chi connectivity index (χ0n) is 10.3. The largest absolute Gasteiger partial charge is 0.479 e. The van der Waals surface area contributed by atoms with Gasteiger partial charge in [-0.15, -0.1) is 0 Å². The van der Waals surface area contributed by atoms with Crippen LogP contribution >= 0.6 is 0 Å². The number of carboxylic acids is 1. The fraction of sp³-hybridized carbons (Fsp3) is 0.286. The lowest BCUT2D eigenvalue weighted by atomic mass is 10.1. The number of aliphatic carboxylic acids is 1. The number of rotatable bonds is 5. The standard InChI is InChI=1S/C14H15NO4/c1-2-8-19-13(18)15-14(12(16)17)9-11(14)10-6-4-3-5-7-10/h2-7,11H,1,8-9H2,(H,15,18)(H,16,17)/t11-,14+/m1/s1. The predicted octanol–water partition coefficient (Wildman–Crippen LogP) is 1.91. The van der Waals surface area contributed by atoms with E-state index in [1.807, 2.05) is 30.3 Å². The number of carboxylic acid groups (broad SMARTS) is 1. The summed E-state index contributed by atoms with van der Waals surface area (Å²) < 4.78 is 4.77. The lowest BCUT2D eigenvalue weighted by Crippen LogP contribution is -2.44. The van der Waals surface area contributed by atoms with Gasteiger partial charge in [0.2, 0.25) is 0 Å². The molecule has 1 saturated carbocycles. The summed E-state index contributed by atoms with van der Waals surface area (Å²) in [5.74, 6) is -1.26. The SMILES string of the molecule is C=CCOC(=O)N[C@@]1(C(=O)O)C[C@@H]1c1ccccc1. The Labute approximate surface area is 110 Å². The maximum Gasteiger partial charge on any atom is 0.408 e. The first-order valence-corrected chi connectivity index (χ1v) is 5.94. The van der Waals surface area contributed by atoms with E-state index in [9.17, 15) is 14.7 Å². The second-order valence-electron chi connectivity index (χ2n) is 4.46. The fourth-order valence-electron chi connectivity index (χ4n) is 2.13. The van der Waals surface area contributed by atoms with Gasteiger partial charge < -0.3 is 15.2 Å². The number of carbonyl (C=O) groups excluding carboxylic acids is 1. The minimum absolute atomic E-state index is 0.0531. The molecule has 0 spiro atoms. The second-order valence-corrected chi connectivity index (χ2v) is 4.46. The number of carbonyl (C=O) groups is 2. The van der Waals surface area contributed by atoms with Crippen LogP contribution in [-0.2, 0) is 9.53 Å². The number of hydrogen-bond donors (Lipinski definition) is 2. The Morgan fingerprint density at radius 1 is 1.47 bits per heavy atom. The molecule has 1 fully saturated rings. The molecule has 5 heteroatoms. The van der Waals surface area contributed by atoms with E-state index in [0.717, 1.165) is 5.56 Å². The summed E-state index contributed by atoms with van der Waals surface area (Å²) in [6.07, 6.45) is 1.06. The Hall–Kier alpha value is -2.30. The molecule has 2 rings (SSSR count). The number of amides is 1. The minimum Gasteiger partial charge on any atom is -0.479 e. The molecular formula is C14H15NO4. The molecule has 2 N–H and O–H groups in total. The smallest absolute Gasteiger partial charge is 0.408 e. The van der Waals surface area contributed by atoms with Gasteiger partial charge in [-0.1, -0.05) is 43.0 Å². The minimum atomic E-state index is -1.25. The zero-order chi connectivity index (χ0) is 13.9. The molecule has 1 amide bonds. The maximum atomic E-state index is 11.5. The van der Waals surface area contributed by atoms with E-state index < -0.39 is 17.6 Å². The molecule has 2 atom stereocenters. The van der Waals surface area contributed by atoms with Gasteiger partial charge in [0.15, 0.2) is 0 Å². The van der Waals surface area contributed by atoms with E-state index in [4.69, 9.17) is 4.74 Å². The Balaban J connectivity index is 2.08. The average molecular weight is 261 g/mol. The van der Waals surface area contributed by atoms with Gasteiger partial charge in [-0.3, -0.25) is 0 Å². The molecule has 0 radical (unpaired) electrons. The molecule has 100 valence electrons. The molecule has 1 aliphatic carbocycles. The van der Waals surface area contributed by atoms with Crippen molar-refractivity contribution < 1.29 is 19.4 Å². The van der Waals surface area contributed by atoms with Crippen LogP contribution in [0.4, 0.5) is 4.79 Å². The number of alkyl carbamates (subject to hydrolysis) is 1. The summed E-state index contributed by atoms with van der Waals surface area (Å²) in [7, 11) is 0. The molecule has 5 nitrogen and oxygen atoms in total. The topological polar surface area (TPSA) is 75.6 Å². The first kappa shape index (κ1) is 13.1. The second kappa shape index (κ2) is 5.14. The Morgan fingerprint density at radius 2 is 2.16 bits per heavy atom. The Bertz CT molecular complexity index is 499. The quantitative estimate of drug-likeness (QED) is 0.794. The van der Waals surface area contributed by atoms with E-state index in [1.165, 1.54) is 6.08 Å². The number of nitrogens with one attached hydrogen (secondary N) is 1. The zero-order valence-corrected chi connectivity index (χ0v) is 10.3. The van der Waals surface area contributed by atoms with E-state index in [0.29, 0.717) is 6.42 Å². The van der Waals surface area contributed by atoms with Crippen molar-refractivity contribution in [3.63, 3.8) is 0 Å². The first-order valence-electron chi connectivity index (χ1n) is 5.94.